The Labute approximate surface area is 144 Å². The molecule has 2 heterocycles. The summed E-state index contributed by atoms with van der Waals surface area (Å²) in [5, 5.41) is 0. The molecule has 0 bridgehead atoms. The second-order valence-electron chi connectivity index (χ2n) is 6.03. The molecule has 0 saturated carbocycles. The van der Waals surface area contributed by atoms with Crippen molar-refractivity contribution in [2.24, 2.45) is 21.1 Å². The van der Waals surface area contributed by atoms with Gasteiger partial charge in [-0.1, -0.05) is 0 Å². The number of ether oxygens (including phenoxy) is 1. The van der Waals surface area contributed by atoms with Gasteiger partial charge >= 0.3 is 11.9 Å². The van der Waals surface area contributed by atoms with Gasteiger partial charge < -0.3 is 4.74 Å². The molecule has 0 atom stereocenters. The molecule has 0 saturated heterocycles. The SMILES string of the molecule is CN(C)c1n(C)c(C=O)c[n+]1C.COCn1cc[n+](C)c1N(C)C. The minimum atomic E-state index is 0.592. The molecule has 2 aromatic rings. The van der Waals surface area contributed by atoms with E-state index in [0.29, 0.717) is 12.4 Å². The minimum absolute atomic E-state index is 0.592. The highest BCUT2D eigenvalue weighted by Crippen LogP contribution is 2.06. The molecule has 0 fully saturated rings. The summed E-state index contributed by atoms with van der Waals surface area (Å²) in [5.74, 6) is 2.12. The third kappa shape index (κ3) is 4.35. The largest absolute Gasteiger partial charge is 0.360 e. The van der Waals surface area contributed by atoms with Crippen LogP contribution < -0.4 is 18.9 Å². The van der Waals surface area contributed by atoms with Crippen LogP contribution in [0.3, 0.4) is 0 Å². The molecule has 0 radical (unpaired) electrons. The summed E-state index contributed by atoms with van der Waals surface area (Å²) in [6.07, 6.45) is 6.67. The summed E-state index contributed by atoms with van der Waals surface area (Å²) in [7, 11) is 15.4. The van der Waals surface area contributed by atoms with Gasteiger partial charge in [0.1, 0.15) is 6.20 Å². The minimum Gasteiger partial charge on any atom is -0.351 e. The fraction of sp³-hybridized carbons (Fsp3) is 0.562. The van der Waals surface area contributed by atoms with E-state index in [2.05, 4.69) is 9.47 Å². The van der Waals surface area contributed by atoms with Gasteiger partial charge in [-0.25, -0.2) is 18.3 Å². The summed E-state index contributed by atoms with van der Waals surface area (Å²) in [5.41, 5.74) is 0.682. The second-order valence-corrected chi connectivity index (χ2v) is 6.03. The highest BCUT2D eigenvalue weighted by molar-refractivity contribution is 5.72. The van der Waals surface area contributed by atoms with Crippen LogP contribution in [0.2, 0.25) is 0 Å². The van der Waals surface area contributed by atoms with Crippen molar-refractivity contribution in [3.63, 3.8) is 0 Å². The zero-order valence-electron chi connectivity index (χ0n) is 16.0. The van der Waals surface area contributed by atoms with Gasteiger partial charge in [0.05, 0.1) is 61.7 Å². The molecule has 0 unspecified atom stereocenters. The van der Waals surface area contributed by atoms with Gasteiger partial charge in [0, 0.05) is 7.11 Å². The number of anilines is 2. The molecular weight excluding hydrogens is 308 g/mol. The first kappa shape index (κ1) is 19.7. The Morgan fingerprint density at radius 1 is 1.12 bits per heavy atom. The number of imidazole rings is 2. The monoisotopic (exact) mass is 338 g/mol. The summed E-state index contributed by atoms with van der Waals surface area (Å²) in [6.45, 7) is 0.592. The van der Waals surface area contributed by atoms with Crippen LogP contribution in [0.5, 0.6) is 0 Å². The zero-order chi connectivity index (χ0) is 18.4. The number of carbonyl (C=O) groups is 1. The first-order valence-corrected chi connectivity index (χ1v) is 7.63. The first-order valence-electron chi connectivity index (χ1n) is 7.63. The number of aryl methyl sites for hydroxylation is 2. The van der Waals surface area contributed by atoms with Gasteiger partial charge in [-0.05, 0) is 0 Å². The molecule has 0 aromatic carbocycles. The van der Waals surface area contributed by atoms with Crippen molar-refractivity contribution in [3.8, 4) is 0 Å². The number of aromatic nitrogens is 4. The Hall–Kier alpha value is -2.35. The number of carbonyl (C=O) groups excluding carboxylic acids is 1. The fourth-order valence-electron chi connectivity index (χ4n) is 2.75. The van der Waals surface area contributed by atoms with Crippen LogP contribution in [0.4, 0.5) is 11.9 Å². The van der Waals surface area contributed by atoms with Gasteiger partial charge in [-0.15, -0.1) is 0 Å². The Morgan fingerprint density at radius 2 is 1.71 bits per heavy atom. The van der Waals surface area contributed by atoms with Crippen molar-refractivity contribution in [2.75, 3.05) is 45.1 Å². The van der Waals surface area contributed by atoms with Crippen molar-refractivity contribution in [2.45, 2.75) is 6.73 Å². The molecule has 8 nitrogen and oxygen atoms in total. The lowest BCUT2D eigenvalue weighted by Crippen LogP contribution is -2.35. The van der Waals surface area contributed by atoms with E-state index in [1.165, 1.54) is 0 Å². The smallest absolute Gasteiger partial charge is 0.351 e. The van der Waals surface area contributed by atoms with E-state index in [9.17, 15) is 4.79 Å². The van der Waals surface area contributed by atoms with Crippen molar-refractivity contribution in [1.82, 2.24) is 9.13 Å². The lowest BCUT2D eigenvalue weighted by Gasteiger charge is -2.08. The quantitative estimate of drug-likeness (QED) is 0.555. The maximum Gasteiger partial charge on any atom is 0.360 e. The molecule has 2 rings (SSSR count). The molecule has 0 aliphatic rings. The molecule has 0 aliphatic heterocycles. The zero-order valence-corrected chi connectivity index (χ0v) is 16.0. The Morgan fingerprint density at radius 3 is 2.08 bits per heavy atom. The Bertz CT molecular complexity index is 672. The lowest BCUT2D eigenvalue weighted by atomic mass is 10.5. The third-order valence-corrected chi connectivity index (χ3v) is 3.56. The summed E-state index contributed by atoms with van der Waals surface area (Å²) < 4.78 is 12.9. The number of methoxy groups -OCH3 is 1. The summed E-state index contributed by atoms with van der Waals surface area (Å²) in [4.78, 5) is 14.6. The molecule has 0 amide bonds. The highest BCUT2D eigenvalue weighted by atomic mass is 16.5. The third-order valence-electron chi connectivity index (χ3n) is 3.56. The molecule has 8 heteroatoms. The van der Waals surface area contributed by atoms with Crippen LogP contribution in [0.25, 0.3) is 0 Å². The van der Waals surface area contributed by atoms with E-state index in [0.717, 1.165) is 18.2 Å². The first-order chi connectivity index (χ1) is 11.2. The van der Waals surface area contributed by atoms with Crippen molar-refractivity contribution < 1.29 is 18.7 Å². The summed E-state index contributed by atoms with van der Waals surface area (Å²) >= 11 is 0. The lowest BCUT2D eigenvalue weighted by molar-refractivity contribution is -0.658. The number of hydrogen-bond acceptors (Lipinski definition) is 4. The standard InChI is InChI=1S/C8H14N3O.C8H16N3O/c1-9(2)8-10(3)5-7(6-12)11(8)4;1-9(2)8-10(3)5-6-11(8)7-12-4/h5-6H,1-4H3;5-6H,7H2,1-4H3/q2*+1. The molecule has 134 valence electrons. The topological polar surface area (TPSA) is 50.4 Å². The van der Waals surface area contributed by atoms with Crippen molar-refractivity contribution >= 4 is 18.2 Å². The van der Waals surface area contributed by atoms with Crippen molar-refractivity contribution in [3.05, 3.63) is 24.3 Å². The Balaban J connectivity index is 0.000000240. The average molecular weight is 338 g/mol. The van der Waals surface area contributed by atoms with Crippen LogP contribution >= 0.6 is 0 Å². The van der Waals surface area contributed by atoms with Gasteiger partial charge in [-0.2, -0.15) is 0 Å². The molecule has 0 aliphatic carbocycles. The maximum absolute atomic E-state index is 10.6. The van der Waals surface area contributed by atoms with Crippen LogP contribution in [0.1, 0.15) is 10.5 Å². The van der Waals surface area contributed by atoms with Crippen LogP contribution in [0, 0.1) is 0 Å². The number of rotatable bonds is 5. The highest BCUT2D eigenvalue weighted by Gasteiger charge is 2.18. The van der Waals surface area contributed by atoms with Crippen LogP contribution in [0.15, 0.2) is 18.6 Å². The predicted molar refractivity (Wildman–Crippen MR) is 93.2 cm³/mol. The van der Waals surface area contributed by atoms with E-state index in [1.54, 1.807) is 7.11 Å². The maximum atomic E-state index is 10.6. The van der Waals surface area contributed by atoms with E-state index in [1.807, 2.05) is 86.5 Å². The van der Waals surface area contributed by atoms with E-state index in [4.69, 9.17) is 4.74 Å². The number of nitrogens with zero attached hydrogens (tertiary/aromatic N) is 6. The molecule has 24 heavy (non-hydrogen) atoms. The predicted octanol–water partition coefficient (Wildman–Crippen LogP) is -0.289. The van der Waals surface area contributed by atoms with E-state index < -0.39 is 0 Å². The number of aldehydes is 1. The van der Waals surface area contributed by atoms with Crippen LogP contribution in [-0.4, -0.2) is 50.7 Å². The molecule has 0 spiro atoms. The van der Waals surface area contributed by atoms with E-state index in [-0.39, 0.29) is 0 Å². The van der Waals surface area contributed by atoms with Gasteiger partial charge in [0.25, 0.3) is 0 Å². The van der Waals surface area contributed by atoms with E-state index >= 15 is 0 Å². The summed E-state index contributed by atoms with van der Waals surface area (Å²) in [6, 6.07) is 0. The molecule has 2 aromatic heterocycles. The normalized spacial score (nSPS) is 10.2. The fourth-order valence-corrected chi connectivity index (χ4v) is 2.75. The van der Waals surface area contributed by atoms with Crippen LogP contribution in [-0.2, 0) is 32.6 Å². The number of hydrogen-bond donors (Lipinski definition) is 0. The molecular formula is C16H30N6O2+2. The molecule has 0 N–H and O–H groups in total. The van der Waals surface area contributed by atoms with Crippen molar-refractivity contribution in [1.29, 1.82) is 0 Å². The average Bonchev–Trinajstić information content (AvgIpc) is 2.99. The second kappa shape index (κ2) is 8.49. The van der Waals surface area contributed by atoms with Gasteiger partial charge in [0.2, 0.25) is 0 Å². The Kier molecular flexibility index (Phi) is 6.97. The van der Waals surface area contributed by atoms with Gasteiger partial charge in [0.15, 0.2) is 18.7 Å². The van der Waals surface area contributed by atoms with Gasteiger partial charge in [-0.3, -0.25) is 14.6 Å².